The number of nitro benzene ring substituents is 1. The highest BCUT2D eigenvalue weighted by Gasteiger charge is 2.20. The van der Waals surface area contributed by atoms with Crippen LogP contribution in [0.3, 0.4) is 0 Å². The molecule has 0 aromatic heterocycles. The van der Waals surface area contributed by atoms with Crippen molar-refractivity contribution < 1.29 is 9.72 Å². The van der Waals surface area contributed by atoms with Gasteiger partial charge in [0, 0.05) is 24.8 Å². The van der Waals surface area contributed by atoms with Gasteiger partial charge in [0.2, 0.25) is 5.91 Å². The maximum Gasteiger partial charge on any atom is 0.289 e. The number of amides is 1. The average molecular weight is 246 g/mol. The molecule has 1 aliphatic heterocycles. The number of hydrogen-bond acceptors (Lipinski definition) is 5. The van der Waals surface area contributed by atoms with E-state index < -0.39 is 4.92 Å². The summed E-state index contributed by atoms with van der Waals surface area (Å²) in [5.41, 5.74) is 0.363. The lowest BCUT2D eigenvalue weighted by Gasteiger charge is -2.28. The Hall–Kier alpha value is -2.62. The minimum Gasteiger partial charge on any atom is -0.360 e. The molecule has 1 N–H and O–H groups in total. The lowest BCUT2D eigenvalue weighted by molar-refractivity contribution is -0.385. The maximum absolute atomic E-state index is 11.2. The first-order chi connectivity index (χ1) is 8.61. The Balaban J connectivity index is 2.35. The number of piperazine rings is 1. The molecule has 1 fully saturated rings. The summed E-state index contributed by atoms with van der Waals surface area (Å²) in [7, 11) is 0. The van der Waals surface area contributed by atoms with Crippen LogP contribution >= 0.6 is 0 Å². The molecule has 0 aliphatic carbocycles. The summed E-state index contributed by atoms with van der Waals surface area (Å²) in [4.78, 5) is 23.2. The summed E-state index contributed by atoms with van der Waals surface area (Å²) in [5.74, 6) is -0.117. The second-order valence-electron chi connectivity index (χ2n) is 3.84. The Labute approximate surface area is 103 Å². The molecule has 1 heterocycles. The molecule has 0 spiro atoms. The summed E-state index contributed by atoms with van der Waals surface area (Å²) in [6, 6.07) is 6.12. The van der Waals surface area contributed by atoms with Crippen LogP contribution in [0.1, 0.15) is 5.56 Å². The van der Waals surface area contributed by atoms with E-state index in [9.17, 15) is 14.9 Å². The molecule has 1 saturated heterocycles. The lowest BCUT2D eigenvalue weighted by atomic mass is 10.1. The fraction of sp³-hybridized carbons (Fsp3) is 0.273. The minimum absolute atomic E-state index is 0.0187. The molecule has 0 unspecified atom stereocenters. The number of benzene rings is 1. The van der Waals surface area contributed by atoms with Gasteiger partial charge in [-0.1, -0.05) is 0 Å². The number of nitrogens with zero attached hydrogens (tertiary/aromatic N) is 3. The predicted molar refractivity (Wildman–Crippen MR) is 63.0 cm³/mol. The maximum atomic E-state index is 11.2. The Bertz CT molecular complexity index is 550. The van der Waals surface area contributed by atoms with E-state index in [2.05, 4.69) is 5.32 Å². The monoisotopic (exact) mass is 246 g/mol. The van der Waals surface area contributed by atoms with E-state index >= 15 is 0 Å². The summed E-state index contributed by atoms with van der Waals surface area (Å²) in [5, 5.41) is 22.3. The van der Waals surface area contributed by atoms with Crippen LogP contribution in [0, 0.1) is 21.4 Å². The third-order valence-corrected chi connectivity index (χ3v) is 2.70. The highest BCUT2D eigenvalue weighted by Crippen LogP contribution is 2.25. The number of nitrogens with one attached hydrogen (secondary N) is 1. The standard InChI is InChI=1S/C11H10N4O3/c12-6-8-1-2-9(5-10(8)15(17)18)14-4-3-13-11(16)7-14/h1-2,5H,3-4,7H2,(H,13,16). The first kappa shape index (κ1) is 11.9. The molecular weight excluding hydrogens is 236 g/mol. The Morgan fingerprint density at radius 2 is 2.28 bits per heavy atom. The second kappa shape index (κ2) is 4.71. The third kappa shape index (κ3) is 2.22. The van der Waals surface area contributed by atoms with Gasteiger partial charge in [0.15, 0.2) is 0 Å². The van der Waals surface area contributed by atoms with Gasteiger partial charge in [0.05, 0.1) is 11.5 Å². The van der Waals surface area contributed by atoms with E-state index in [1.807, 2.05) is 0 Å². The zero-order valence-electron chi connectivity index (χ0n) is 9.42. The highest BCUT2D eigenvalue weighted by atomic mass is 16.6. The van der Waals surface area contributed by atoms with E-state index in [0.29, 0.717) is 18.8 Å². The molecule has 1 amide bonds. The average Bonchev–Trinajstić information content (AvgIpc) is 2.38. The van der Waals surface area contributed by atoms with E-state index in [0.717, 1.165) is 0 Å². The number of hydrogen-bond donors (Lipinski definition) is 1. The number of carbonyl (C=O) groups is 1. The number of nitro groups is 1. The fourth-order valence-electron chi connectivity index (χ4n) is 1.82. The van der Waals surface area contributed by atoms with Crippen molar-refractivity contribution >= 4 is 17.3 Å². The molecule has 1 aromatic rings. The van der Waals surface area contributed by atoms with Crippen LogP contribution in [-0.2, 0) is 4.79 Å². The number of rotatable bonds is 2. The van der Waals surface area contributed by atoms with E-state index in [-0.39, 0.29) is 23.7 Å². The van der Waals surface area contributed by atoms with Crippen molar-refractivity contribution in [1.82, 2.24) is 5.32 Å². The molecule has 0 radical (unpaired) electrons. The third-order valence-electron chi connectivity index (χ3n) is 2.70. The van der Waals surface area contributed by atoms with E-state index in [1.165, 1.54) is 12.1 Å². The van der Waals surface area contributed by atoms with Crippen LogP contribution in [0.25, 0.3) is 0 Å². The molecule has 0 saturated carbocycles. The zero-order valence-corrected chi connectivity index (χ0v) is 9.42. The molecular formula is C11H10N4O3. The minimum atomic E-state index is -0.591. The van der Waals surface area contributed by atoms with Crippen molar-refractivity contribution in [3.8, 4) is 6.07 Å². The summed E-state index contributed by atoms with van der Waals surface area (Å²) >= 11 is 0. The quantitative estimate of drug-likeness (QED) is 0.601. The molecule has 2 rings (SSSR count). The van der Waals surface area contributed by atoms with Crippen LogP contribution < -0.4 is 10.2 Å². The topological polar surface area (TPSA) is 99.3 Å². The van der Waals surface area contributed by atoms with Crippen molar-refractivity contribution in [3.05, 3.63) is 33.9 Å². The van der Waals surface area contributed by atoms with E-state index in [4.69, 9.17) is 5.26 Å². The summed E-state index contributed by atoms with van der Waals surface area (Å²) < 4.78 is 0. The number of nitriles is 1. The molecule has 18 heavy (non-hydrogen) atoms. The van der Waals surface area contributed by atoms with Gasteiger partial charge in [-0.2, -0.15) is 5.26 Å². The van der Waals surface area contributed by atoms with Gasteiger partial charge in [0.25, 0.3) is 5.69 Å². The second-order valence-corrected chi connectivity index (χ2v) is 3.84. The molecule has 7 nitrogen and oxygen atoms in total. The molecule has 1 aliphatic rings. The predicted octanol–water partition coefficient (Wildman–Crippen LogP) is 0.403. The smallest absolute Gasteiger partial charge is 0.289 e. The Morgan fingerprint density at radius 3 is 2.89 bits per heavy atom. The SMILES string of the molecule is N#Cc1ccc(N2CCNC(=O)C2)cc1[N+](=O)[O-]. The van der Waals surface area contributed by atoms with Crippen LogP contribution in [0.5, 0.6) is 0 Å². The van der Waals surface area contributed by atoms with E-state index in [1.54, 1.807) is 17.0 Å². The van der Waals surface area contributed by atoms with Gasteiger partial charge >= 0.3 is 0 Å². The molecule has 1 aromatic carbocycles. The zero-order chi connectivity index (χ0) is 13.1. The van der Waals surface area contributed by atoms with Gasteiger partial charge in [-0.15, -0.1) is 0 Å². The molecule has 0 bridgehead atoms. The normalized spacial score (nSPS) is 14.8. The van der Waals surface area contributed by atoms with Crippen LogP contribution in [0.2, 0.25) is 0 Å². The van der Waals surface area contributed by atoms with Gasteiger partial charge in [-0.3, -0.25) is 14.9 Å². The molecule has 7 heteroatoms. The molecule has 92 valence electrons. The van der Waals surface area contributed by atoms with Gasteiger partial charge in [0.1, 0.15) is 11.6 Å². The Morgan fingerprint density at radius 1 is 1.50 bits per heavy atom. The van der Waals surface area contributed by atoms with Crippen molar-refractivity contribution in [2.75, 3.05) is 24.5 Å². The van der Waals surface area contributed by atoms with Crippen molar-refractivity contribution in [2.24, 2.45) is 0 Å². The van der Waals surface area contributed by atoms with Crippen LogP contribution in [0.4, 0.5) is 11.4 Å². The Kier molecular flexibility index (Phi) is 3.10. The summed E-state index contributed by atoms with van der Waals surface area (Å²) in [6.07, 6.45) is 0. The van der Waals surface area contributed by atoms with Crippen molar-refractivity contribution in [2.45, 2.75) is 0 Å². The van der Waals surface area contributed by atoms with Crippen LogP contribution in [0.15, 0.2) is 18.2 Å². The number of anilines is 1. The van der Waals surface area contributed by atoms with Gasteiger partial charge < -0.3 is 10.2 Å². The lowest BCUT2D eigenvalue weighted by Crippen LogP contribution is -2.47. The number of carbonyl (C=O) groups excluding carboxylic acids is 1. The van der Waals surface area contributed by atoms with Crippen molar-refractivity contribution in [1.29, 1.82) is 5.26 Å². The highest BCUT2D eigenvalue weighted by molar-refractivity contribution is 5.82. The fourth-order valence-corrected chi connectivity index (χ4v) is 1.82. The van der Waals surface area contributed by atoms with Gasteiger partial charge in [-0.25, -0.2) is 0 Å². The van der Waals surface area contributed by atoms with Gasteiger partial charge in [-0.05, 0) is 12.1 Å². The first-order valence-corrected chi connectivity index (χ1v) is 5.32. The van der Waals surface area contributed by atoms with Crippen molar-refractivity contribution in [3.63, 3.8) is 0 Å². The molecule has 0 atom stereocenters. The van der Waals surface area contributed by atoms with Crippen LogP contribution in [-0.4, -0.2) is 30.5 Å². The largest absolute Gasteiger partial charge is 0.360 e. The summed E-state index contributed by atoms with van der Waals surface area (Å²) in [6.45, 7) is 1.27. The first-order valence-electron chi connectivity index (χ1n) is 5.32.